The smallest absolute Gasteiger partial charge is 0.306 e. The normalized spacial score (nSPS) is 19.2. The van der Waals surface area contributed by atoms with Gasteiger partial charge in [0.25, 0.3) is 0 Å². The number of carbonyl (C=O) groups excluding carboxylic acids is 2. The highest BCUT2D eigenvalue weighted by atomic mass is 16.7. The summed E-state index contributed by atoms with van der Waals surface area (Å²) in [6.07, 6.45) is 64.8. The molecule has 6 N–H and O–H groups in total. The van der Waals surface area contributed by atoms with Gasteiger partial charge in [0.1, 0.15) is 24.4 Å². The van der Waals surface area contributed by atoms with Crippen LogP contribution in [0, 0.1) is 0 Å². The second kappa shape index (κ2) is 57.3. The Hall–Kier alpha value is -3.16. The highest BCUT2D eigenvalue weighted by Crippen LogP contribution is 2.26. The number of nitrogens with one attached hydrogen (secondary N) is 1. The number of hydrogen-bond donors (Lipinski definition) is 6. The van der Waals surface area contributed by atoms with Gasteiger partial charge in [-0.2, -0.15) is 0 Å². The third-order valence-corrected chi connectivity index (χ3v) is 15.3. The van der Waals surface area contributed by atoms with E-state index in [9.17, 15) is 35.1 Å². The van der Waals surface area contributed by atoms with Crippen molar-refractivity contribution >= 4 is 11.9 Å². The zero-order chi connectivity index (χ0) is 58.9. The van der Waals surface area contributed by atoms with Gasteiger partial charge in [0.15, 0.2) is 12.4 Å². The third kappa shape index (κ3) is 45.0. The van der Waals surface area contributed by atoms with E-state index in [1.54, 1.807) is 6.08 Å². The first-order chi connectivity index (χ1) is 39.7. The molecule has 11 heteroatoms. The van der Waals surface area contributed by atoms with Gasteiger partial charge in [0.2, 0.25) is 5.91 Å². The average molecular weight is 1140 g/mol. The summed E-state index contributed by atoms with van der Waals surface area (Å²) in [7, 11) is 0. The fourth-order valence-corrected chi connectivity index (χ4v) is 10.1. The summed E-state index contributed by atoms with van der Waals surface area (Å²) < 4.78 is 17.6. The first-order valence-electron chi connectivity index (χ1n) is 33.4. The van der Waals surface area contributed by atoms with Gasteiger partial charge in [-0.05, 0) is 77.0 Å². The molecular weight excluding hydrogens is 1010 g/mol. The Labute approximate surface area is 495 Å². The Bertz CT molecular complexity index is 1640. The fraction of sp³-hybridized carbons (Fsp3) is 0.771. The van der Waals surface area contributed by atoms with E-state index in [2.05, 4.69) is 99.0 Å². The van der Waals surface area contributed by atoms with E-state index >= 15 is 0 Å². The molecule has 0 aliphatic carbocycles. The Balaban J connectivity index is 2.64. The van der Waals surface area contributed by atoms with E-state index in [0.717, 1.165) is 89.9 Å². The molecule has 1 aliphatic heterocycles. The van der Waals surface area contributed by atoms with Crippen LogP contribution in [0.25, 0.3) is 0 Å². The molecule has 0 saturated carbocycles. The lowest BCUT2D eigenvalue weighted by Gasteiger charge is -2.41. The number of esters is 1. The minimum atomic E-state index is -1.64. The van der Waals surface area contributed by atoms with Crippen molar-refractivity contribution < 1.29 is 49.3 Å². The standard InChI is InChI=1S/C70H123NO10/c1-4-7-10-13-16-19-22-24-26-28-30-32-34-36-38-40-43-46-49-52-55-58-65(75)81-68-67(77)66(76)64(59-72)80-70(68)79-60-61(62(73)56-53-50-47-44-41-21-18-15-12-9-6-3)71-69(78)63(74)57-54-51-48-45-42-39-37-35-33-31-29-27-25-23-20-17-14-11-8-5-2/h7,10,16,19,24,26,30,32,36,38,43,46,53,56,61-64,66-68,70,72-74,76-77H,4-6,8-9,11-15,17-18,20-23,25,27-29,31,33-35,37,39-42,44-45,47-52,54-55,57-60H2,1-3H3,(H,71,78)/b10-7-,19-16-,26-24-,32-30-,38-36-,46-43-,56-53+. The van der Waals surface area contributed by atoms with Crippen LogP contribution in [0.5, 0.6) is 0 Å². The van der Waals surface area contributed by atoms with Crippen LogP contribution >= 0.6 is 0 Å². The summed E-state index contributed by atoms with van der Waals surface area (Å²) in [6, 6.07) is -1.04. The fourth-order valence-electron chi connectivity index (χ4n) is 10.1. The lowest BCUT2D eigenvalue weighted by Crippen LogP contribution is -2.61. The highest BCUT2D eigenvalue weighted by Gasteiger charge is 2.47. The predicted molar refractivity (Wildman–Crippen MR) is 338 cm³/mol. The monoisotopic (exact) mass is 1140 g/mol. The molecule has 8 atom stereocenters. The van der Waals surface area contributed by atoms with E-state index < -0.39 is 67.4 Å². The van der Waals surface area contributed by atoms with Crippen molar-refractivity contribution in [2.24, 2.45) is 0 Å². The molecule has 1 fully saturated rings. The van der Waals surface area contributed by atoms with Gasteiger partial charge in [-0.25, -0.2) is 0 Å². The van der Waals surface area contributed by atoms with E-state index in [4.69, 9.17) is 14.2 Å². The number of allylic oxidation sites excluding steroid dienone is 13. The van der Waals surface area contributed by atoms with Gasteiger partial charge in [0, 0.05) is 6.42 Å². The molecule has 468 valence electrons. The Morgan fingerprint density at radius 3 is 1.33 bits per heavy atom. The summed E-state index contributed by atoms with van der Waals surface area (Å²) in [5.74, 6) is -1.24. The van der Waals surface area contributed by atoms with Gasteiger partial charge >= 0.3 is 5.97 Å². The van der Waals surface area contributed by atoms with Crippen molar-refractivity contribution in [1.29, 1.82) is 0 Å². The number of rotatable bonds is 56. The summed E-state index contributed by atoms with van der Waals surface area (Å²) in [4.78, 5) is 26.6. The molecule has 0 bridgehead atoms. The van der Waals surface area contributed by atoms with Crippen molar-refractivity contribution in [3.05, 3.63) is 85.1 Å². The number of ether oxygens (including phenoxy) is 3. The zero-order valence-electron chi connectivity index (χ0n) is 51.9. The molecular formula is C70H123NO10. The Morgan fingerprint density at radius 2 is 0.889 bits per heavy atom. The maximum atomic E-state index is 13.4. The van der Waals surface area contributed by atoms with Crippen molar-refractivity contribution in [3.8, 4) is 0 Å². The molecule has 0 aromatic rings. The van der Waals surface area contributed by atoms with Gasteiger partial charge in [0.05, 0.1) is 25.4 Å². The molecule has 1 aliphatic rings. The molecule has 1 rings (SSSR count). The predicted octanol–water partition coefficient (Wildman–Crippen LogP) is 16.5. The quantitative estimate of drug-likeness (QED) is 0.0195. The molecule has 8 unspecified atom stereocenters. The number of amides is 1. The largest absolute Gasteiger partial charge is 0.454 e. The zero-order valence-corrected chi connectivity index (χ0v) is 51.9. The van der Waals surface area contributed by atoms with Gasteiger partial charge < -0.3 is 45.1 Å². The average Bonchev–Trinajstić information content (AvgIpc) is 3.50. The molecule has 81 heavy (non-hydrogen) atoms. The van der Waals surface area contributed by atoms with Crippen LogP contribution in [0.3, 0.4) is 0 Å². The van der Waals surface area contributed by atoms with E-state index in [-0.39, 0.29) is 19.4 Å². The van der Waals surface area contributed by atoms with Crippen LogP contribution in [0.4, 0.5) is 0 Å². The number of carbonyl (C=O) groups is 2. The van der Waals surface area contributed by atoms with Crippen LogP contribution < -0.4 is 5.32 Å². The van der Waals surface area contributed by atoms with Gasteiger partial charge in [-0.3, -0.25) is 9.59 Å². The Morgan fingerprint density at radius 1 is 0.494 bits per heavy atom. The van der Waals surface area contributed by atoms with Gasteiger partial charge in [-0.15, -0.1) is 0 Å². The first kappa shape index (κ1) is 75.9. The summed E-state index contributed by atoms with van der Waals surface area (Å²) >= 11 is 0. The van der Waals surface area contributed by atoms with E-state index in [0.29, 0.717) is 12.8 Å². The van der Waals surface area contributed by atoms with Crippen molar-refractivity contribution in [2.45, 2.75) is 333 Å². The second-order valence-corrected chi connectivity index (χ2v) is 22.8. The molecule has 11 nitrogen and oxygen atoms in total. The maximum absolute atomic E-state index is 13.4. The summed E-state index contributed by atoms with van der Waals surface area (Å²) in [6.45, 7) is 5.67. The number of hydrogen-bond acceptors (Lipinski definition) is 10. The lowest BCUT2D eigenvalue weighted by molar-refractivity contribution is -0.305. The number of aliphatic hydroxyl groups excluding tert-OH is 5. The van der Waals surface area contributed by atoms with Crippen LogP contribution in [-0.4, -0.2) is 99.6 Å². The van der Waals surface area contributed by atoms with E-state index in [1.165, 1.54) is 148 Å². The molecule has 0 aromatic carbocycles. The van der Waals surface area contributed by atoms with Crippen molar-refractivity contribution in [2.75, 3.05) is 13.2 Å². The summed E-state index contributed by atoms with van der Waals surface area (Å²) in [5.41, 5.74) is 0. The second-order valence-electron chi connectivity index (χ2n) is 22.8. The van der Waals surface area contributed by atoms with Crippen molar-refractivity contribution in [3.63, 3.8) is 0 Å². The molecule has 0 aromatic heterocycles. The highest BCUT2D eigenvalue weighted by molar-refractivity contribution is 5.80. The third-order valence-electron chi connectivity index (χ3n) is 15.3. The first-order valence-corrected chi connectivity index (χ1v) is 33.4. The molecule has 0 radical (unpaired) electrons. The summed E-state index contributed by atoms with van der Waals surface area (Å²) in [5, 5.41) is 57.1. The van der Waals surface area contributed by atoms with Crippen LogP contribution in [0.2, 0.25) is 0 Å². The molecule has 1 heterocycles. The lowest BCUT2D eigenvalue weighted by atomic mass is 9.99. The topological polar surface area (TPSA) is 175 Å². The Kier molecular flexibility index (Phi) is 53.6. The van der Waals surface area contributed by atoms with Crippen LogP contribution in [-0.2, 0) is 23.8 Å². The number of unbranched alkanes of at least 4 members (excludes halogenated alkanes) is 30. The maximum Gasteiger partial charge on any atom is 0.306 e. The van der Waals surface area contributed by atoms with Gasteiger partial charge in [-0.1, -0.05) is 286 Å². The minimum absolute atomic E-state index is 0.0661. The molecule has 0 spiro atoms. The number of aliphatic hydroxyl groups is 5. The SMILES string of the molecule is CC/C=C\C/C=C\C/C=C\C/C=C\C/C=C\C/C=C\CCCCC(=O)OC1C(OCC(NC(=O)C(O)CCCCCCCCCCCCCCCCCCCCCC)C(O)/C=C/CCCCCCCCCCC)OC(CO)C(O)C1O. The minimum Gasteiger partial charge on any atom is -0.454 e. The van der Waals surface area contributed by atoms with Crippen molar-refractivity contribution in [1.82, 2.24) is 5.32 Å². The van der Waals surface area contributed by atoms with Crippen LogP contribution in [0.15, 0.2) is 85.1 Å². The molecule has 1 amide bonds. The van der Waals surface area contributed by atoms with Crippen LogP contribution in [0.1, 0.15) is 284 Å². The molecule has 1 saturated heterocycles. The van der Waals surface area contributed by atoms with E-state index in [1.807, 2.05) is 6.08 Å².